The number of anilines is 2. The fourth-order valence-corrected chi connectivity index (χ4v) is 6.24. The number of ketones is 1. The van der Waals surface area contributed by atoms with E-state index in [1.807, 2.05) is 63.4 Å². The molecule has 6 rings (SSSR count). The number of benzene rings is 2. The van der Waals surface area contributed by atoms with Crippen molar-refractivity contribution in [2.24, 2.45) is 0 Å². The average molecular weight is 664 g/mol. The lowest BCUT2D eigenvalue weighted by Gasteiger charge is -2.35. The van der Waals surface area contributed by atoms with Crippen LogP contribution in [0.1, 0.15) is 67.4 Å². The number of hydrogen-bond acceptors (Lipinski definition) is 9. The lowest BCUT2D eigenvalue weighted by Crippen LogP contribution is -2.51. The molecular formula is C38H47N8O3+. The summed E-state index contributed by atoms with van der Waals surface area (Å²) in [6.45, 7) is 15.8. The Morgan fingerprint density at radius 2 is 1.45 bits per heavy atom. The number of amides is 1. The van der Waals surface area contributed by atoms with Crippen molar-refractivity contribution in [3.8, 4) is 0 Å². The number of nitrogens with one attached hydrogen (secondary N) is 1. The van der Waals surface area contributed by atoms with Gasteiger partial charge in [0.15, 0.2) is 5.78 Å². The molecule has 2 aromatic carbocycles. The fraction of sp³-hybridized carbons (Fsp3) is 0.421. The van der Waals surface area contributed by atoms with Crippen molar-refractivity contribution in [3.63, 3.8) is 0 Å². The van der Waals surface area contributed by atoms with E-state index in [-0.39, 0.29) is 17.3 Å². The monoisotopic (exact) mass is 663 g/mol. The smallest absolute Gasteiger partial charge is 0.410 e. The molecule has 49 heavy (non-hydrogen) atoms. The Kier molecular flexibility index (Phi) is 9.91. The van der Waals surface area contributed by atoms with Gasteiger partial charge in [0, 0.05) is 62.0 Å². The van der Waals surface area contributed by atoms with Gasteiger partial charge in [-0.1, -0.05) is 79.5 Å². The Bertz CT molecular complexity index is 1760. The predicted molar refractivity (Wildman–Crippen MR) is 189 cm³/mol. The first-order valence-corrected chi connectivity index (χ1v) is 17.1. The lowest BCUT2D eigenvalue weighted by atomic mass is 9.79. The Labute approximate surface area is 289 Å². The molecule has 0 atom stereocenters. The third-order valence-corrected chi connectivity index (χ3v) is 9.16. The van der Waals surface area contributed by atoms with Gasteiger partial charge in [0.25, 0.3) is 0 Å². The van der Waals surface area contributed by atoms with Crippen molar-refractivity contribution in [2.75, 3.05) is 62.2 Å². The number of carbonyl (C=O) groups excluding carboxylic acids is 2. The third kappa shape index (κ3) is 7.88. The van der Waals surface area contributed by atoms with Crippen LogP contribution in [0.3, 0.4) is 0 Å². The predicted octanol–water partition coefficient (Wildman–Crippen LogP) is 4.23. The molecule has 0 radical (unpaired) electrons. The molecule has 0 unspecified atom stereocenters. The molecule has 11 nitrogen and oxygen atoms in total. The molecule has 0 aliphatic carbocycles. The maximum atomic E-state index is 14.0. The van der Waals surface area contributed by atoms with Gasteiger partial charge in [-0.25, -0.2) is 19.3 Å². The van der Waals surface area contributed by atoms with Crippen LogP contribution >= 0.6 is 0 Å². The van der Waals surface area contributed by atoms with E-state index >= 15 is 0 Å². The molecular weight excluding hydrogens is 616 g/mol. The van der Waals surface area contributed by atoms with E-state index in [0.29, 0.717) is 55.5 Å². The highest BCUT2D eigenvalue weighted by Gasteiger charge is 2.32. The summed E-state index contributed by atoms with van der Waals surface area (Å²) < 4.78 is 7.73. The van der Waals surface area contributed by atoms with Crippen LogP contribution in [0.2, 0.25) is 0 Å². The first-order chi connectivity index (χ1) is 23.5. The van der Waals surface area contributed by atoms with E-state index in [4.69, 9.17) is 19.7 Å². The van der Waals surface area contributed by atoms with Crippen LogP contribution in [0, 0.1) is 0 Å². The average Bonchev–Trinajstić information content (AvgIpc) is 3.12. The zero-order chi connectivity index (χ0) is 34.6. The Hall–Kier alpha value is -4.90. The molecule has 2 aliphatic rings. The van der Waals surface area contributed by atoms with Crippen LogP contribution in [-0.4, -0.2) is 89.7 Å². The number of aromatic nitrogens is 4. The van der Waals surface area contributed by atoms with Gasteiger partial charge in [0.05, 0.1) is 30.5 Å². The summed E-state index contributed by atoms with van der Waals surface area (Å²) in [6, 6.07) is 19.7. The van der Waals surface area contributed by atoms with Gasteiger partial charge < -0.3 is 19.9 Å². The third-order valence-electron chi connectivity index (χ3n) is 9.16. The summed E-state index contributed by atoms with van der Waals surface area (Å²) in [5.74, 6) is 1.23. The highest BCUT2D eigenvalue weighted by Crippen LogP contribution is 2.31. The number of rotatable bonds is 8. The van der Waals surface area contributed by atoms with Gasteiger partial charge in [0.2, 0.25) is 5.95 Å². The molecule has 2 saturated heterocycles. The van der Waals surface area contributed by atoms with Crippen LogP contribution in [-0.2, 0) is 16.7 Å². The molecule has 2 aromatic heterocycles. The van der Waals surface area contributed by atoms with Crippen LogP contribution in [0.15, 0.2) is 79.3 Å². The summed E-state index contributed by atoms with van der Waals surface area (Å²) in [5.41, 5.74) is 3.02. The zero-order valence-corrected chi connectivity index (χ0v) is 29.2. The van der Waals surface area contributed by atoms with Gasteiger partial charge in [-0.3, -0.25) is 9.69 Å². The molecule has 1 N–H and O–H groups in total. The molecule has 0 bridgehead atoms. The van der Waals surface area contributed by atoms with Crippen LogP contribution in [0.25, 0.3) is 0 Å². The van der Waals surface area contributed by atoms with Crippen molar-refractivity contribution in [3.05, 3.63) is 107 Å². The summed E-state index contributed by atoms with van der Waals surface area (Å²) >= 11 is 0. The zero-order valence-electron chi connectivity index (χ0n) is 29.2. The molecule has 2 fully saturated rings. The molecule has 11 heteroatoms. The van der Waals surface area contributed by atoms with E-state index in [0.717, 1.165) is 37.7 Å². The first kappa shape index (κ1) is 34.0. The van der Waals surface area contributed by atoms with Crippen LogP contribution in [0.4, 0.5) is 16.7 Å². The number of nitrogens with zero attached hydrogens (tertiary/aromatic N) is 7. The largest absolute Gasteiger partial charge is 0.444 e. The van der Waals surface area contributed by atoms with Crippen LogP contribution < -0.4 is 19.7 Å². The normalized spacial score (nSPS) is 15.7. The second-order valence-corrected chi connectivity index (χ2v) is 14.2. The Morgan fingerprint density at radius 1 is 0.796 bits per heavy atom. The minimum atomic E-state index is -0.558. The summed E-state index contributed by atoms with van der Waals surface area (Å²) in [7, 11) is 0. The van der Waals surface area contributed by atoms with Crippen molar-refractivity contribution in [2.45, 2.75) is 52.2 Å². The van der Waals surface area contributed by atoms with E-state index in [9.17, 15) is 9.59 Å². The summed E-state index contributed by atoms with van der Waals surface area (Å²) in [6.07, 6.45) is 5.48. The highest BCUT2D eigenvalue weighted by molar-refractivity contribution is 6.09. The molecule has 256 valence electrons. The quantitative estimate of drug-likeness (QED) is 0.219. The maximum Gasteiger partial charge on any atom is 0.410 e. The van der Waals surface area contributed by atoms with Gasteiger partial charge in [-0.05, 0) is 26.3 Å². The Morgan fingerprint density at radius 3 is 2.10 bits per heavy atom. The van der Waals surface area contributed by atoms with E-state index in [1.54, 1.807) is 11.1 Å². The van der Waals surface area contributed by atoms with Crippen molar-refractivity contribution >= 4 is 23.8 Å². The van der Waals surface area contributed by atoms with E-state index in [2.05, 4.69) is 64.0 Å². The van der Waals surface area contributed by atoms with Gasteiger partial charge in [-0.2, -0.15) is 0 Å². The minimum Gasteiger partial charge on any atom is -0.444 e. The summed E-state index contributed by atoms with van der Waals surface area (Å²) in [4.78, 5) is 47.6. The number of carbonyl (C=O) groups is 2. The van der Waals surface area contributed by atoms with Crippen molar-refractivity contribution < 1.29 is 18.9 Å². The maximum absolute atomic E-state index is 14.0. The Balaban J connectivity index is 1.37. The van der Waals surface area contributed by atoms with Crippen LogP contribution in [0.5, 0.6) is 0 Å². The topological polar surface area (TPSA) is 108 Å². The molecule has 4 aromatic rings. The van der Waals surface area contributed by atoms with Crippen molar-refractivity contribution in [1.82, 2.24) is 25.2 Å². The highest BCUT2D eigenvalue weighted by atomic mass is 16.6. The van der Waals surface area contributed by atoms with E-state index < -0.39 is 5.60 Å². The van der Waals surface area contributed by atoms with Gasteiger partial charge in [-0.15, -0.1) is 0 Å². The van der Waals surface area contributed by atoms with Gasteiger partial charge >= 0.3 is 12.0 Å². The molecule has 0 spiro atoms. The number of hydrogen-bond donors (Lipinski definition) is 1. The van der Waals surface area contributed by atoms with Gasteiger partial charge in [0.1, 0.15) is 18.3 Å². The number of piperazine rings is 2. The summed E-state index contributed by atoms with van der Waals surface area (Å²) in [5, 5.41) is 3.44. The molecule has 4 heterocycles. The number of ether oxygens (including phenoxy) is 1. The van der Waals surface area contributed by atoms with Crippen molar-refractivity contribution in [1.29, 1.82) is 0 Å². The first-order valence-electron chi connectivity index (χ1n) is 17.1. The minimum absolute atomic E-state index is 0.130. The SMILES string of the molecule is CC(C)(C)OC(=O)N1CCN(c2ncc(C(=O)c3ccccc3)c(C[n+]3cc(C(C)(C)c4ccccc4)cnc3N3CCNCC3)n2)CC1. The lowest BCUT2D eigenvalue weighted by molar-refractivity contribution is -0.679. The fourth-order valence-electron chi connectivity index (χ4n) is 6.24. The molecule has 1 amide bonds. The standard InChI is InChI=1S/C38H47N8O3/c1-37(2,3)49-36(48)45-22-20-43(21-23-45)34-40-25-31(33(47)28-12-8-6-9-13-28)32(42-34)27-46-26-30(38(4,5)29-14-10-7-11-15-29)24-41-35(46)44-18-16-39-17-19-44/h6-15,24-26,39H,16-23,27H2,1-5H3/q+1. The van der Waals surface area contributed by atoms with E-state index in [1.165, 1.54) is 5.56 Å². The molecule has 2 aliphatic heterocycles. The second-order valence-electron chi connectivity index (χ2n) is 14.2. The second kappa shape index (κ2) is 14.3. The molecule has 0 saturated carbocycles.